The molecule has 2 aliphatic heterocycles. The molecular weight excluding hydrogens is 806 g/mol. The van der Waals surface area contributed by atoms with Gasteiger partial charge in [-0.25, -0.2) is 19.0 Å². The van der Waals surface area contributed by atoms with Crippen molar-refractivity contribution < 1.29 is 37.7 Å². The highest BCUT2D eigenvalue weighted by Crippen LogP contribution is 2.44. The largest absolute Gasteiger partial charge is 0.487 e. The summed E-state index contributed by atoms with van der Waals surface area (Å²) in [6.45, 7) is 12.8. The first-order chi connectivity index (χ1) is 26.3. The lowest BCUT2D eigenvalue weighted by molar-refractivity contribution is -0.129. The van der Waals surface area contributed by atoms with E-state index in [2.05, 4.69) is 4.98 Å². The van der Waals surface area contributed by atoms with Crippen LogP contribution in [0.5, 0.6) is 10.9 Å². The van der Waals surface area contributed by atoms with Crippen molar-refractivity contribution in [3.8, 4) is 10.9 Å². The number of aryl methyl sites for hydroxylation is 1. The smallest absolute Gasteiger partial charge is 0.411 e. The molecule has 2 aromatic carbocycles. The number of piperazine rings is 1. The van der Waals surface area contributed by atoms with Crippen molar-refractivity contribution in [3.63, 3.8) is 0 Å². The van der Waals surface area contributed by atoms with Crippen LogP contribution in [0.25, 0.3) is 5.57 Å². The number of amides is 3. The van der Waals surface area contributed by atoms with E-state index in [1.54, 1.807) is 81.8 Å². The summed E-state index contributed by atoms with van der Waals surface area (Å²) < 4.78 is 38.8. The number of hydrogen-bond acceptors (Lipinski definition) is 9. The third-order valence-corrected chi connectivity index (χ3v) is 11.1. The third-order valence-electron chi connectivity index (χ3n) is 9.24. The van der Waals surface area contributed by atoms with Gasteiger partial charge >= 0.3 is 12.2 Å². The fourth-order valence-electron chi connectivity index (χ4n) is 6.80. The number of aromatic nitrogens is 1. The van der Waals surface area contributed by atoms with Crippen LogP contribution in [-0.2, 0) is 20.8 Å². The molecule has 56 heavy (non-hydrogen) atoms. The van der Waals surface area contributed by atoms with Crippen LogP contribution >= 0.6 is 46.1 Å². The standard InChI is InChI=1S/C40H46Cl3FN4O7S/c1-22-15-28(42)34(29(43)16-22)52-13-14-53-36-45-18-31(56-36)26-17-25-20-46(37(50)54-39(2,3)4)21-30(48(25)38(51)55-40(5,6)7)32(26)35(49)47(24-11-12-24)19-23-9-8-10-27(41)33(23)44/h8-10,15-16,18,24-25,30H,11-14,17,19-21H2,1-7H3/t25?,30-/m1/s1. The van der Waals surface area contributed by atoms with E-state index in [1.165, 1.54) is 22.3 Å². The zero-order valence-corrected chi connectivity index (χ0v) is 35.5. The number of halogens is 4. The van der Waals surface area contributed by atoms with Crippen LogP contribution in [0.3, 0.4) is 0 Å². The van der Waals surface area contributed by atoms with Crippen LogP contribution < -0.4 is 9.47 Å². The Hall–Kier alpha value is -3.78. The van der Waals surface area contributed by atoms with Crippen LogP contribution in [0.2, 0.25) is 15.1 Å². The van der Waals surface area contributed by atoms with E-state index in [1.807, 2.05) is 6.92 Å². The Morgan fingerprint density at radius 3 is 2.21 bits per heavy atom. The molecule has 3 heterocycles. The van der Waals surface area contributed by atoms with E-state index in [-0.39, 0.29) is 67.4 Å². The second-order valence-corrected chi connectivity index (χ2v) is 18.4. The minimum Gasteiger partial charge on any atom is -0.487 e. The van der Waals surface area contributed by atoms with Gasteiger partial charge in [0.15, 0.2) is 5.75 Å². The van der Waals surface area contributed by atoms with Crippen molar-refractivity contribution in [2.45, 2.75) is 104 Å². The number of ether oxygens (including phenoxy) is 4. The molecule has 11 nitrogen and oxygen atoms in total. The Morgan fingerprint density at radius 2 is 1.57 bits per heavy atom. The number of thiazole rings is 1. The van der Waals surface area contributed by atoms with E-state index in [4.69, 9.17) is 53.8 Å². The maximum absolute atomic E-state index is 15.3. The molecule has 3 aliphatic rings. The van der Waals surface area contributed by atoms with E-state index < -0.39 is 41.3 Å². The van der Waals surface area contributed by atoms with E-state index in [9.17, 15) is 9.59 Å². The number of nitrogens with zero attached hydrogens (tertiary/aromatic N) is 4. The van der Waals surface area contributed by atoms with Crippen molar-refractivity contribution in [2.24, 2.45) is 0 Å². The molecule has 2 atom stereocenters. The molecule has 0 radical (unpaired) electrons. The zero-order chi connectivity index (χ0) is 40.7. The summed E-state index contributed by atoms with van der Waals surface area (Å²) >= 11 is 20.1. The molecule has 1 unspecified atom stereocenters. The monoisotopic (exact) mass is 850 g/mol. The summed E-state index contributed by atoms with van der Waals surface area (Å²) in [5.41, 5.74) is 0.505. The summed E-state index contributed by atoms with van der Waals surface area (Å²) in [6.07, 6.45) is 2.11. The lowest BCUT2D eigenvalue weighted by Gasteiger charge is -2.51. The summed E-state index contributed by atoms with van der Waals surface area (Å²) in [4.78, 5) is 52.7. The number of carbonyl (C=O) groups excluding carboxylic acids is 3. The molecule has 1 saturated heterocycles. The molecule has 2 bridgehead atoms. The number of hydrogen-bond donors (Lipinski definition) is 0. The summed E-state index contributed by atoms with van der Waals surface area (Å²) in [7, 11) is 0. The van der Waals surface area contributed by atoms with Crippen molar-refractivity contribution in [2.75, 3.05) is 26.3 Å². The maximum atomic E-state index is 15.3. The molecule has 6 rings (SSSR count). The van der Waals surface area contributed by atoms with Crippen LogP contribution in [0, 0.1) is 12.7 Å². The second-order valence-electron chi connectivity index (χ2n) is 16.2. The molecule has 1 saturated carbocycles. The first-order valence-electron chi connectivity index (χ1n) is 18.4. The predicted molar refractivity (Wildman–Crippen MR) is 214 cm³/mol. The molecule has 3 amide bonds. The van der Waals surface area contributed by atoms with Gasteiger partial charge in [0.25, 0.3) is 11.1 Å². The topological polar surface area (TPSA) is 111 Å². The highest BCUT2D eigenvalue weighted by Gasteiger charge is 2.51. The Bertz CT molecular complexity index is 2000. The molecule has 1 aromatic heterocycles. The van der Waals surface area contributed by atoms with Crippen molar-refractivity contribution in [3.05, 3.63) is 79.0 Å². The second kappa shape index (κ2) is 16.6. The van der Waals surface area contributed by atoms with Crippen molar-refractivity contribution in [1.82, 2.24) is 19.7 Å². The Morgan fingerprint density at radius 1 is 0.929 bits per heavy atom. The highest BCUT2D eigenvalue weighted by molar-refractivity contribution is 7.14. The minimum atomic E-state index is -0.929. The van der Waals surface area contributed by atoms with Crippen LogP contribution in [-0.4, -0.2) is 93.4 Å². The van der Waals surface area contributed by atoms with E-state index in [0.717, 1.165) is 18.4 Å². The predicted octanol–water partition coefficient (Wildman–Crippen LogP) is 9.58. The molecule has 16 heteroatoms. The summed E-state index contributed by atoms with van der Waals surface area (Å²) in [5, 5.41) is 1.07. The van der Waals surface area contributed by atoms with Gasteiger partial charge < -0.3 is 28.7 Å². The minimum absolute atomic E-state index is 0.0388. The van der Waals surface area contributed by atoms with Gasteiger partial charge in [-0.2, -0.15) is 0 Å². The summed E-state index contributed by atoms with van der Waals surface area (Å²) in [5.74, 6) is -0.631. The molecule has 0 N–H and O–H groups in total. The van der Waals surface area contributed by atoms with Crippen molar-refractivity contribution in [1.29, 1.82) is 0 Å². The van der Waals surface area contributed by atoms with E-state index in [0.29, 0.717) is 31.4 Å². The van der Waals surface area contributed by atoms with Crippen LogP contribution in [0.4, 0.5) is 14.0 Å². The molecule has 1 aliphatic carbocycles. The number of carbonyl (C=O) groups is 3. The van der Waals surface area contributed by atoms with Gasteiger partial charge in [0, 0.05) is 43.0 Å². The lowest BCUT2D eigenvalue weighted by atomic mass is 9.83. The van der Waals surface area contributed by atoms with Gasteiger partial charge in [0.05, 0.1) is 32.0 Å². The number of rotatable bonds is 10. The molecule has 3 aromatic rings. The fraction of sp³-hybridized carbons (Fsp3) is 0.500. The Balaban J connectivity index is 1.37. The maximum Gasteiger partial charge on any atom is 0.411 e. The first-order valence-corrected chi connectivity index (χ1v) is 20.4. The first kappa shape index (κ1) is 41.8. The van der Waals surface area contributed by atoms with Gasteiger partial charge in [-0.1, -0.05) is 58.3 Å². The van der Waals surface area contributed by atoms with Gasteiger partial charge in [-0.05, 0) is 97.1 Å². The number of fused-ring (bicyclic) bond motifs is 2. The Labute approximate surface area is 345 Å². The highest BCUT2D eigenvalue weighted by atomic mass is 35.5. The quantitative estimate of drug-likeness (QED) is 0.186. The average Bonchev–Trinajstić information content (AvgIpc) is 3.82. The average molecular weight is 852 g/mol. The van der Waals surface area contributed by atoms with Gasteiger partial charge in [-0.15, -0.1) is 0 Å². The van der Waals surface area contributed by atoms with Crippen molar-refractivity contribution >= 4 is 69.8 Å². The van der Waals surface area contributed by atoms with Gasteiger partial charge in [0.2, 0.25) is 0 Å². The Kier molecular flexibility index (Phi) is 12.4. The fourth-order valence-corrected chi connectivity index (χ4v) is 8.56. The van der Waals surface area contributed by atoms with Gasteiger partial charge in [-0.3, -0.25) is 9.69 Å². The summed E-state index contributed by atoms with van der Waals surface area (Å²) in [6, 6.07) is 6.55. The SMILES string of the molecule is Cc1cc(Cl)c(OCCOc2ncc(C3=C(C(=O)N(Cc4cccc(Cl)c4F)C4CC4)[C@H]4CN(C(=O)OC(C)(C)C)CC(C3)N4C(=O)OC(C)(C)C)s2)c(Cl)c1. The van der Waals surface area contributed by atoms with Crippen LogP contribution in [0.1, 0.15) is 76.8 Å². The molecule has 0 spiro atoms. The van der Waals surface area contributed by atoms with Gasteiger partial charge in [0.1, 0.15) is 30.2 Å². The lowest BCUT2D eigenvalue weighted by Crippen LogP contribution is -2.66. The van der Waals surface area contributed by atoms with Crippen LogP contribution in [0.15, 0.2) is 42.1 Å². The van der Waals surface area contributed by atoms with E-state index >= 15 is 9.18 Å². The normalized spacial score (nSPS) is 18.5. The molecule has 302 valence electrons. The zero-order valence-electron chi connectivity index (χ0n) is 32.4. The number of benzene rings is 2. The molecule has 2 fully saturated rings. The molecular formula is C40H46Cl3FN4O7S. The third kappa shape index (κ3) is 9.84.